The molecule has 0 atom stereocenters. The van der Waals surface area contributed by atoms with Crippen molar-refractivity contribution in [3.63, 3.8) is 0 Å². The summed E-state index contributed by atoms with van der Waals surface area (Å²) in [5, 5.41) is 9.55. The average Bonchev–Trinajstić information content (AvgIpc) is 2.48. The molecule has 0 saturated heterocycles. The summed E-state index contributed by atoms with van der Waals surface area (Å²) in [6, 6.07) is 2.19. The van der Waals surface area contributed by atoms with Gasteiger partial charge in [0.05, 0.1) is 5.69 Å². The lowest BCUT2D eigenvalue weighted by molar-refractivity contribution is 0.358. The van der Waals surface area contributed by atoms with Crippen LogP contribution in [-0.2, 0) is 10.0 Å². The minimum Gasteiger partial charge on any atom is -0.508 e. The van der Waals surface area contributed by atoms with Crippen molar-refractivity contribution in [1.82, 2.24) is 0 Å². The number of nitrogens with one attached hydrogen (secondary N) is 1. The Hall–Kier alpha value is -1.88. The summed E-state index contributed by atoms with van der Waals surface area (Å²) >= 11 is 2.95. The number of hydrogen-bond donors (Lipinski definition) is 2. The summed E-state index contributed by atoms with van der Waals surface area (Å²) in [5.41, 5.74) is -0.0110. The van der Waals surface area contributed by atoms with Gasteiger partial charge >= 0.3 is 0 Å². The zero-order chi connectivity index (χ0) is 18.4. The SMILES string of the molecule is Cc1cc(Br)c(NS(=O)(=O)c2c(F)c(F)c(F)c(F)c2F)cc1O. The number of sulfonamides is 1. The van der Waals surface area contributed by atoms with Gasteiger partial charge in [0.15, 0.2) is 28.2 Å². The molecule has 0 aliphatic carbocycles. The number of hydrogen-bond acceptors (Lipinski definition) is 3. The fourth-order valence-corrected chi connectivity index (χ4v) is 3.66. The van der Waals surface area contributed by atoms with Crippen LogP contribution < -0.4 is 4.72 Å². The molecule has 0 amide bonds. The molecule has 24 heavy (non-hydrogen) atoms. The molecule has 0 spiro atoms. The number of phenolic OH excluding ortho intramolecular Hbond substituents is 1. The highest BCUT2D eigenvalue weighted by atomic mass is 79.9. The highest BCUT2D eigenvalue weighted by molar-refractivity contribution is 9.10. The van der Waals surface area contributed by atoms with Crippen LogP contribution in [0.1, 0.15) is 5.56 Å². The van der Waals surface area contributed by atoms with Crippen molar-refractivity contribution in [2.45, 2.75) is 11.8 Å². The van der Waals surface area contributed by atoms with Gasteiger partial charge in [0.1, 0.15) is 5.75 Å². The number of halogens is 6. The van der Waals surface area contributed by atoms with Crippen LogP contribution in [0.3, 0.4) is 0 Å². The van der Waals surface area contributed by atoms with Crippen molar-refractivity contribution < 1.29 is 35.5 Å². The summed E-state index contributed by atoms with van der Waals surface area (Å²) in [6.45, 7) is 1.49. The van der Waals surface area contributed by atoms with E-state index >= 15 is 0 Å². The molecule has 2 aromatic rings. The standard InChI is InChI=1S/C13H7BrF5NO3S/c1-4-2-5(14)6(3-7(4)21)20-24(22,23)13-11(18)9(16)8(15)10(17)12(13)19/h2-3,20-21H,1H3. The van der Waals surface area contributed by atoms with Gasteiger partial charge in [0.2, 0.25) is 5.82 Å². The molecular formula is C13H7BrF5NO3S. The van der Waals surface area contributed by atoms with Gasteiger partial charge in [0.25, 0.3) is 10.0 Å². The summed E-state index contributed by atoms with van der Waals surface area (Å²) in [6.07, 6.45) is 0. The molecule has 0 unspecified atom stereocenters. The van der Waals surface area contributed by atoms with E-state index < -0.39 is 44.0 Å². The van der Waals surface area contributed by atoms with E-state index in [4.69, 9.17) is 0 Å². The number of aromatic hydroxyl groups is 1. The third-order valence-electron chi connectivity index (χ3n) is 2.97. The molecule has 11 heteroatoms. The lowest BCUT2D eigenvalue weighted by atomic mass is 10.2. The Labute approximate surface area is 141 Å². The lowest BCUT2D eigenvalue weighted by Gasteiger charge is -2.13. The molecule has 0 fully saturated rings. The van der Waals surface area contributed by atoms with Crippen LogP contribution in [0, 0.1) is 36.0 Å². The Morgan fingerprint density at radius 3 is 1.92 bits per heavy atom. The predicted molar refractivity (Wildman–Crippen MR) is 77.6 cm³/mol. The Morgan fingerprint density at radius 2 is 1.42 bits per heavy atom. The Kier molecular flexibility index (Phi) is 4.77. The van der Waals surface area contributed by atoms with Gasteiger partial charge < -0.3 is 5.11 Å². The number of aryl methyl sites for hydroxylation is 1. The van der Waals surface area contributed by atoms with E-state index in [2.05, 4.69) is 15.9 Å². The Bertz CT molecular complexity index is 920. The first-order valence-electron chi connectivity index (χ1n) is 6.00. The molecule has 2 rings (SSSR count). The van der Waals surface area contributed by atoms with Crippen LogP contribution in [0.25, 0.3) is 0 Å². The topological polar surface area (TPSA) is 66.4 Å². The summed E-state index contributed by atoms with van der Waals surface area (Å²) in [7, 11) is -5.18. The third kappa shape index (κ3) is 3.05. The summed E-state index contributed by atoms with van der Waals surface area (Å²) < 4.78 is 92.5. The zero-order valence-corrected chi connectivity index (χ0v) is 14.0. The first kappa shape index (κ1) is 18.5. The molecular weight excluding hydrogens is 425 g/mol. The number of anilines is 1. The normalized spacial score (nSPS) is 11.6. The van der Waals surface area contributed by atoms with Gasteiger partial charge in [-0.05, 0) is 34.5 Å². The van der Waals surface area contributed by atoms with Gasteiger partial charge in [-0.25, -0.2) is 30.4 Å². The molecule has 0 aliphatic heterocycles. The third-order valence-corrected chi connectivity index (χ3v) is 5.01. The molecule has 0 bridgehead atoms. The molecule has 2 aromatic carbocycles. The number of benzene rings is 2. The Balaban J connectivity index is 2.64. The summed E-state index contributed by atoms with van der Waals surface area (Å²) in [4.78, 5) is -2.02. The minimum absolute atomic E-state index is 0.0743. The quantitative estimate of drug-likeness (QED) is 0.439. The van der Waals surface area contributed by atoms with E-state index in [1.807, 2.05) is 0 Å². The maximum absolute atomic E-state index is 13.6. The molecule has 4 nitrogen and oxygen atoms in total. The van der Waals surface area contributed by atoms with E-state index in [1.165, 1.54) is 13.0 Å². The van der Waals surface area contributed by atoms with E-state index in [0.717, 1.165) is 6.07 Å². The highest BCUT2D eigenvalue weighted by Crippen LogP contribution is 2.33. The molecule has 0 heterocycles. The molecule has 0 saturated carbocycles. The van der Waals surface area contributed by atoms with Crippen molar-refractivity contribution >= 4 is 31.6 Å². The monoisotopic (exact) mass is 431 g/mol. The molecule has 0 aliphatic rings. The molecule has 130 valence electrons. The van der Waals surface area contributed by atoms with Crippen LogP contribution in [-0.4, -0.2) is 13.5 Å². The molecule has 0 aromatic heterocycles. The fourth-order valence-electron chi connectivity index (χ4n) is 1.76. The smallest absolute Gasteiger partial charge is 0.268 e. The van der Waals surface area contributed by atoms with Gasteiger partial charge in [-0.2, -0.15) is 0 Å². The van der Waals surface area contributed by atoms with Crippen LogP contribution in [0.15, 0.2) is 21.5 Å². The van der Waals surface area contributed by atoms with Gasteiger partial charge in [-0.3, -0.25) is 4.72 Å². The number of phenols is 1. The second kappa shape index (κ2) is 6.20. The fraction of sp³-hybridized carbons (Fsp3) is 0.0769. The van der Waals surface area contributed by atoms with Crippen molar-refractivity contribution in [2.24, 2.45) is 0 Å². The van der Waals surface area contributed by atoms with Crippen molar-refractivity contribution in [3.8, 4) is 5.75 Å². The minimum atomic E-state index is -5.18. The van der Waals surface area contributed by atoms with Crippen LogP contribution >= 0.6 is 15.9 Å². The largest absolute Gasteiger partial charge is 0.508 e. The van der Waals surface area contributed by atoms with Crippen molar-refractivity contribution in [1.29, 1.82) is 0 Å². The average molecular weight is 432 g/mol. The first-order chi connectivity index (χ1) is 11.0. The van der Waals surface area contributed by atoms with Crippen LogP contribution in [0.4, 0.5) is 27.6 Å². The van der Waals surface area contributed by atoms with E-state index in [0.29, 0.717) is 5.56 Å². The molecule has 2 N–H and O–H groups in total. The van der Waals surface area contributed by atoms with Gasteiger partial charge in [-0.1, -0.05) is 0 Å². The molecule has 0 radical (unpaired) electrons. The maximum Gasteiger partial charge on any atom is 0.268 e. The highest BCUT2D eigenvalue weighted by Gasteiger charge is 2.34. The van der Waals surface area contributed by atoms with E-state index in [9.17, 15) is 35.5 Å². The second-order valence-electron chi connectivity index (χ2n) is 4.62. The zero-order valence-electron chi connectivity index (χ0n) is 11.6. The Morgan fingerprint density at radius 1 is 0.958 bits per heavy atom. The van der Waals surface area contributed by atoms with E-state index in [-0.39, 0.29) is 15.9 Å². The van der Waals surface area contributed by atoms with E-state index in [1.54, 1.807) is 4.72 Å². The lowest BCUT2D eigenvalue weighted by Crippen LogP contribution is -2.19. The van der Waals surface area contributed by atoms with Crippen LogP contribution in [0.5, 0.6) is 5.75 Å². The first-order valence-corrected chi connectivity index (χ1v) is 8.28. The van der Waals surface area contributed by atoms with Gasteiger partial charge in [-0.15, -0.1) is 0 Å². The van der Waals surface area contributed by atoms with Gasteiger partial charge in [0, 0.05) is 10.5 Å². The summed E-state index contributed by atoms with van der Waals surface area (Å²) in [5.74, 6) is -12.6. The number of rotatable bonds is 3. The van der Waals surface area contributed by atoms with Crippen LogP contribution in [0.2, 0.25) is 0 Å². The maximum atomic E-state index is 13.6. The van der Waals surface area contributed by atoms with Crippen molar-refractivity contribution in [2.75, 3.05) is 4.72 Å². The predicted octanol–water partition coefficient (Wildman–Crippen LogP) is 3.96. The second-order valence-corrected chi connectivity index (χ2v) is 7.10. The van der Waals surface area contributed by atoms with Crippen molar-refractivity contribution in [3.05, 3.63) is 51.3 Å².